The predicted molar refractivity (Wildman–Crippen MR) is 121 cm³/mol. The number of nitrogens with zero attached hydrogens (tertiary/aromatic N) is 3. The minimum Gasteiger partial charge on any atom is -0.504 e. The number of benzene rings is 2. The van der Waals surface area contributed by atoms with Crippen LogP contribution < -0.4 is 19.7 Å². The summed E-state index contributed by atoms with van der Waals surface area (Å²) in [6, 6.07) is 13.8. The fourth-order valence-corrected chi connectivity index (χ4v) is 3.61. The number of anilines is 1. The van der Waals surface area contributed by atoms with Crippen LogP contribution in [0, 0.1) is 0 Å². The molecular formula is C23H32N4O3. The monoisotopic (exact) mass is 412 g/mol. The molecule has 0 bridgehead atoms. The molecule has 1 fully saturated rings. The highest BCUT2D eigenvalue weighted by molar-refractivity contribution is 5.80. The first-order valence-corrected chi connectivity index (χ1v) is 10.4. The first kappa shape index (κ1) is 21.6. The Kier molecular flexibility index (Phi) is 7.65. The number of phenols is 1. The number of aromatic hydroxyl groups is 1. The van der Waals surface area contributed by atoms with E-state index in [0.717, 1.165) is 50.0 Å². The summed E-state index contributed by atoms with van der Waals surface area (Å²) in [5.41, 5.74) is 2.06. The van der Waals surface area contributed by atoms with Gasteiger partial charge in [0.15, 0.2) is 17.5 Å². The van der Waals surface area contributed by atoms with Crippen LogP contribution in [-0.2, 0) is 6.42 Å². The molecule has 2 aromatic rings. The lowest BCUT2D eigenvalue weighted by Gasteiger charge is -2.37. The lowest BCUT2D eigenvalue weighted by Crippen LogP contribution is -2.52. The Bertz CT molecular complexity index is 831. The number of para-hydroxylation sites is 1. The van der Waals surface area contributed by atoms with E-state index in [0.29, 0.717) is 18.7 Å². The number of phenolic OH excluding ortho intramolecular Hbond substituents is 1. The third-order valence-electron chi connectivity index (χ3n) is 5.30. The van der Waals surface area contributed by atoms with Gasteiger partial charge < -0.3 is 29.7 Å². The van der Waals surface area contributed by atoms with Gasteiger partial charge in [0.2, 0.25) is 0 Å². The fraction of sp³-hybridized carbons (Fsp3) is 0.435. The maximum Gasteiger partial charge on any atom is 0.194 e. The highest BCUT2D eigenvalue weighted by Crippen LogP contribution is 2.29. The lowest BCUT2D eigenvalue weighted by atomic mass is 10.1. The SMILES string of the molecule is CCNC(=NCCc1cccc(OC)c1O)N1CCN(c2ccc(OC)cc2)CC1. The molecule has 1 aliphatic heterocycles. The van der Waals surface area contributed by atoms with Gasteiger partial charge in [0, 0.05) is 45.0 Å². The molecule has 2 N–H and O–H groups in total. The summed E-state index contributed by atoms with van der Waals surface area (Å²) in [7, 11) is 3.25. The summed E-state index contributed by atoms with van der Waals surface area (Å²) in [6.45, 7) is 7.19. The maximum absolute atomic E-state index is 10.3. The molecule has 162 valence electrons. The van der Waals surface area contributed by atoms with E-state index in [-0.39, 0.29) is 5.75 Å². The molecule has 30 heavy (non-hydrogen) atoms. The third-order valence-corrected chi connectivity index (χ3v) is 5.30. The molecule has 0 aromatic heterocycles. The standard InChI is InChI=1S/C23H32N4O3/c1-4-24-23(25-13-12-18-6-5-7-21(30-3)22(18)28)27-16-14-26(15-17-27)19-8-10-20(29-2)11-9-19/h5-11,28H,4,12-17H2,1-3H3,(H,24,25). The second-order valence-corrected chi connectivity index (χ2v) is 7.13. The van der Waals surface area contributed by atoms with Crippen LogP contribution in [0.1, 0.15) is 12.5 Å². The average Bonchev–Trinajstić information content (AvgIpc) is 2.80. The first-order valence-electron chi connectivity index (χ1n) is 10.4. The third kappa shape index (κ3) is 5.28. The van der Waals surface area contributed by atoms with Gasteiger partial charge in [-0.05, 0) is 49.2 Å². The predicted octanol–water partition coefficient (Wildman–Crippen LogP) is 2.74. The topological polar surface area (TPSA) is 69.6 Å². The van der Waals surface area contributed by atoms with Gasteiger partial charge in [0.1, 0.15) is 5.75 Å². The number of methoxy groups -OCH3 is 2. The Hall–Kier alpha value is -3.09. The Morgan fingerprint density at radius 3 is 2.40 bits per heavy atom. The minimum atomic E-state index is 0.202. The molecule has 0 radical (unpaired) electrons. The van der Waals surface area contributed by atoms with E-state index in [2.05, 4.69) is 34.2 Å². The Morgan fingerprint density at radius 1 is 1.03 bits per heavy atom. The van der Waals surface area contributed by atoms with Gasteiger partial charge in [-0.1, -0.05) is 12.1 Å². The van der Waals surface area contributed by atoms with Gasteiger partial charge in [-0.2, -0.15) is 0 Å². The van der Waals surface area contributed by atoms with Crippen LogP contribution >= 0.6 is 0 Å². The van der Waals surface area contributed by atoms with E-state index in [1.807, 2.05) is 24.3 Å². The van der Waals surface area contributed by atoms with Crippen molar-refractivity contribution in [2.75, 3.05) is 58.4 Å². The Morgan fingerprint density at radius 2 is 1.77 bits per heavy atom. The zero-order chi connectivity index (χ0) is 21.3. The van der Waals surface area contributed by atoms with E-state index < -0.39 is 0 Å². The molecule has 0 atom stereocenters. The van der Waals surface area contributed by atoms with Crippen molar-refractivity contribution >= 4 is 11.6 Å². The highest BCUT2D eigenvalue weighted by atomic mass is 16.5. The number of piperazine rings is 1. The van der Waals surface area contributed by atoms with Crippen LogP contribution in [0.5, 0.6) is 17.2 Å². The molecule has 0 unspecified atom stereocenters. The van der Waals surface area contributed by atoms with Gasteiger partial charge in [0.05, 0.1) is 14.2 Å². The second-order valence-electron chi connectivity index (χ2n) is 7.13. The van der Waals surface area contributed by atoms with Crippen LogP contribution in [0.25, 0.3) is 0 Å². The summed E-state index contributed by atoms with van der Waals surface area (Å²) < 4.78 is 10.4. The Labute approximate surface area is 178 Å². The van der Waals surface area contributed by atoms with Gasteiger partial charge in [-0.25, -0.2) is 0 Å². The number of guanidine groups is 1. The van der Waals surface area contributed by atoms with Crippen LogP contribution in [-0.4, -0.2) is 69.5 Å². The van der Waals surface area contributed by atoms with Crippen molar-refractivity contribution in [1.29, 1.82) is 0 Å². The van der Waals surface area contributed by atoms with Crippen molar-refractivity contribution in [2.24, 2.45) is 4.99 Å². The lowest BCUT2D eigenvalue weighted by molar-refractivity contribution is 0.369. The molecule has 0 spiro atoms. The molecular weight excluding hydrogens is 380 g/mol. The van der Waals surface area contributed by atoms with Crippen LogP contribution in [0.3, 0.4) is 0 Å². The van der Waals surface area contributed by atoms with Crippen molar-refractivity contribution < 1.29 is 14.6 Å². The normalized spacial score (nSPS) is 14.6. The van der Waals surface area contributed by atoms with Crippen molar-refractivity contribution in [3.63, 3.8) is 0 Å². The van der Waals surface area contributed by atoms with Crippen molar-refractivity contribution in [3.8, 4) is 17.2 Å². The Balaban J connectivity index is 1.58. The van der Waals surface area contributed by atoms with Gasteiger partial charge in [0.25, 0.3) is 0 Å². The molecule has 2 aromatic carbocycles. The number of hydrogen-bond donors (Lipinski definition) is 2. The van der Waals surface area contributed by atoms with Crippen molar-refractivity contribution in [3.05, 3.63) is 48.0 Å². The quantitative estimate of drug-likeness (QED) is 0.538. The molecule has 0 saturated carbocycles. The van der Waals surface area contributed by atoms with Crippen LogP contribution in [0.15, 0.2) is 47.5 Å². The summed E-state index contributed by atoms with van der Waals surface area (Å²) in [4.78, 5) is 9.48. The zero-order valence-electron chi connectivity index (χ0n) is 18.1. The molecule has 7 nitrogen and oxygen atoms in total. The van der Waals surface area contributed by atoms with Crippen LogP contribution in [0.4, 0.5) is 5.69 Å². The summed E-state index contributed by atoms with van der Waals surface area (Å²) in [6.07, 6.45) is 0.656. The van der Waals surface area contributed by atoms with E-state index >= 15 is 0 Å². The van der Waals surface area contributed by atoms with Crippen molar-refractivity contribution in [1.82, 2.24) is 10.2 Å². The number of hydrogen-bond acceptors (Lipinski definition) is 5. The largest absolute Gasteiger partial charge is 0.504 e. The number of nitrogens with one attached hydrogen (secondary N) is 1. The minimum absolute atomic E-state index is 0.202. The van der Waals surface area contributed by atoms with Gasteiger partial charge in [-0.3, -0.25) is 4.99 Å². The van der Waals surface area contributed by atoms with E-state index in [1.54, 1.807) is 20.3 Å². The van der Waals surface area contributed by atoms with E-state index in [9.17, 15) is 5.11 Å². The molecule has 3 rings (SSSR count). The highest BCUT2D eigenvalue weighted by Gasteiger charge is 2.20. The van der Waals surface area contributed by atoms with Crippen molar-refractivity contribution in [2.45, 2.75) is 13.3 Å². The van der Waals surface area contributed by atoms with Gasteiger partial charge >= 0.3 is 0 Å². The molecule has 1 aliphatic rings. The molecule has 0 amide bonds. The maximum atomic E-state index is 10.3. The summed E-state index contributed by atoms with van der Waals surface area (Å²) in [5, 5.41) is 13.7. The number of rotatable bonds is 7. The van der Waals surface area contributed by atoms with E-state index in [1.165, 1.54) is 5.69 Å². The molecule has 0 aliphatic carbocycles. The molecule has 7 heteroatoms. The number of aliphatic imine (C=N–C) groups is 1. The smallest absolute Gasteiger partial charge is 0.194 e. The van der Waals surface area contributed by atoms with E-state index in [4.69, 9.17) is 14.5 Å². The fourth-order valence-electron chi connectivity index (χ4n) is 3.61. The summed E-state index contributed by atoms with van der Waals surface area (Å²) >= 11 is 0. The van der Waals surface area contributed by atoms with Crippen LogP contribution in [0.2, 0.25) is 0 Å². The molecule has 1 saturated heterocycles. The average molecular weight is 413 g/mol. The zero-order valence-corrected chi connectivity index (χ0v) is 18.1. The molecule has 1 heterocycles. The van der Waals surface area contributed by atoms with Gasteiger partial charge in [-0.15, -0.1) is 0 Å². The summed E-state index contributed by atoms with van der Waals surface area (Å²) in [5.74, 6) is 2.50. The first-order chi connectivity index (χ1) is 14.7. The second kappa shape index (κ2) is 10.6. The number of ether oxygens (including phenoxy) is 2.